The summed E-state index contributed by atoms with van der Waals surface area (Å²) in [6.45, 7) is 2.03. The van der Waals surface area contributed by atoms with Gasteiger partial charge in [0.05, 0.1) is 6.61 Å². The van der Waals surface area contributed by atoms with Gasteiger partial charge < -0.3 is 4.74 Å². The predicted molar refractivity (Wildman–Crippen MR) is 60.5 cm³/mol. The number of nitriles is 1. The van der Waals surface area contributed by atoms with Gasteiger partial charge in [0, 0.05) is 5.25 Å². The summed E-state index contributed by atoms with van der Waals surface area (Å²) in [5, 5.41) is 8.99. The molecular formula is C11H15NO2S. The van der Waals surface area contributed by atoms with Crippen LogP contribution >= 0.6 is 12.6 Å². The van der Waals surface area contributed by atoms with E-state index >= 15 is 0 Å². The zero-order valence-corrected chi connectivity index (χ0v) is 9.72. The summed E-state index contributed by atoms with van der Waals surface area (Å²) in [6.07, 6.45) is 3.86. The van der Waals surface area contributed by atoms with E-state index in [2.05, 4.69) is 12.6 Å². The third-order valence-corrected chi connectivity index (χ3v) is 3.06. The van der Waals surface area contributed by atoms with Crippen molar-refractivity contribution in [3.63, 3.8) is 0 Å². The van der Waals surface area contributed by atoms with Crippen molar-refractivity contribution in [1.82, 2.24) is 0 Å². The maximum Gasteiger partial charge on any atom is 0.348 e. The Labute approximate surface area is 95.5 Å². The van der Waals surface area contributed by atoms with Gasteiger partial charge in [-0.1, -0.05) is 6.42 Å². The van der Waals surface area contributed by atoms with Crippen molar-refractivity contribution in [2.75, 3.05) is 6.61 Å². The van der Waals surface area contributed by atoms with Crippen molar-refractivity contribution in [2.24, 2.45) is 0 Å². The third-order valence-electron chi connectivity index (χ3n) is 2.49. The number of carbonyl (C=O) groups excluding carboxylic acids is 1. The van der Waals surface area contributed by atoms with Gasteiger partial charge in [0.15, 0.2) is 0 Å². The average molecular weight is 225 g/mol. The van der Waals surface area contributed by atoms with Gasteiger partial charge in [-0.2, -0.15) is 17.9 Å². The summed E-state index contributed by atoms with van der Waals surface area (Å²) < 4.78 is 4.84. The molecule has 82 valence electrons. The van der Waals surface area contributed by atoms with Crippen LogP contribution in [0.2, 0.25) is 0 Å². The number of hydrogen-bond acceptors (Lipinski definition) is 4. The lowest BCUT2D eigenvalue weighted by atomic mass is 9.91. The van der Waals surface area contributed by atoms with E-state index in [0.29, 0.717) is 6.61 Å². The highest BCUT2D eigenvalue weighted by atomic mass is 32.1. The minimum atomic E-state index is -0.504. The molecule has 0 aliphatic heterocycles. The van der Waals surface area contributed by atoms with Crippen LogP contribution in [0.15, 0.2) is 11.1 Å². The number of thiol groups is 1. The molecule has 1 fully saturated rings. The summed E-state index contributed by atoms with van der Waals surface area (Å²) in [7, 11) is 0. The van der Waals surface area contributed by atoms with Crippen molar-refractivity contribution in [2.45, 2.75) is 37.9 Å². The molecule has 0 radical (unpaired) electrons. The van der Waals surface area contributed by atoms with E-state index in [1.165, 1.54) is 0 Å². The molecule has 3 nitrogen and oxygen atoms in total. The first-order chi connectivity index (χ1) is 7.20. The molecule has 0 aromatic heterocycles. The average Bonchev–Trinajstić information content (AvgIpc) is 2.22. The van der Waals surface area contributed by atoms with E-state index in [-0.39, 0.29) is 10.8 Å². The Hall–Kier alpha value is -0.950. The maximum absolute atomic E-state index is 11.5. The summed E-state index contributed by atoms with van der Waals surface area (Å²) in [6, 6.07) is 1.94. The number of rotatable bonds is 2. The Balaban J connectivity index is 2.91. The molecule has 1 saturated carbocycles. The zero-order valence-electron chi connectivity index (χ0n) is 8.82. The van der Waals surface area contributed by atoms with Crippen LogP contribution in [0.1, 0.15) is 32.6 Å². The van der Waals surface area contributed by atoms with Crippen LogP contribution in [-0.2, 0) is 9.53 Å². The summed E-state index contributed by atoms with van der Waals surface area (Å²) >= 11 is 4.40. The first kappa shape index (κ1) is 12.1. The third kappa shape index (κ3) is 3.00. The molecule has 0 heterocycles. The van der Waals surface area contributed by atoms with Gasteiger partial charge in [0.25, 0.3) is 0 Å². The van der Waals surface area contributed by atoms with Crippen molar-refractivity contribution < 1.29 is 9.53 Å². The highest BCUT2D eigenvalue weighted by molar-refractivity contribution is 7.81. The monoisotopic (exact) mass is 225 g/mol. The van der Waals surface area contributed by atoms with Crippen molar-refractivity contribution >= 4 is 18.6 Å². The molecular weight excluding hydrogens is 210 g/mol. The highest BCUT2D eigenvalue weighted by Crippen LogP contribution is 2.30. The van der Waals surface area contributed by atoms with Crippen LogP contribution < -0.4 is 0 Å². The quantitative estimate of drug-likeness (QED) is 0.339. The second-order valence-corrected chi connectivity index (χ2v) is 4.12. The molecule has 1 aliphatic carbocycles. The van der Waals surface area contributed by atoms with Gasteiger partial charge in [-0.3, -0.25) is 0 Å². The Bertz CT molecular complexity index is 317. The van der Waals surface area contributed by atoms with Crippen molar-refractivity contribution in [1.29, 1.82) is 5.26 Å². The minimum Gasteiger partial charge on any atom is -0.462 e. The molecule has 0 N–H and O–H groups in total. The largest absolute Gasteiger partial charge is 0.462 e. The van der Waals surface area contributed by atoms with Crippen molar-refractivity contribution in [3.8, 4) is 6.07 Å². The SMILES string of the molecule is CCOC(=O)/C(C#N)=C1\CCCCC1S. The molecule has 0 saturated heterocycles. The Morgan fingerprint density at radius 1 is 1.67 bits per heavy atom. The summed E-state index contributed by atoms with van der Waals surface area (Å²) in [5.74, 6) is -0.504. The van der Waals surface area contributed by atoms with Gasteiger partial charge in [-0.15, -0.1) is 0 Å². The van der Waals surface area contributed by atoms with E-state index < -0.39 is 5.97 Å². The summed E-state index contributed by atoms with van der Waals surface area (Å²) in [4.78, 5) is 11.5. The van der Waals surface area contributed by atoms with Crippen LogP contribution in [0.3, 0.4) is 0 Å². The second-order valence-electron chi connectivity index (χ2n) is 3.49. The molecule has 0 spiro atoms. The lowest BCUT2D eigenvalue weighted by Crippen LogP contribution is -2.17. The highest BCUT2D eigenvalue weighted by Gasteiger charge is 2.23. The van der Waals surface area contributed by atoms with Gasteiger partial charge in [0.1, 0.15) is 11.6 Å². The number of esters is 1. The van der Waals surface area contributed by atoms with Crippen LogP contribution in [-0.4, -0.2) is 17.8 Å². The Morgan fingerprint density at radius 3 is 2.93 bits per heavy atom. The first-order valence-corrected chi connectivity index (χ1v) is 5.70. The zero-order chi connectivity index (χ0) is 11.3. The normalized spacial score (nSPS) is 24.2. The van der Waals surface area contributed by atoms with Crippen LogP contribution in [0.5, 0.6) is 0 Å². The fourth-order valence-corrected chi connectivity index (χ4v) is 2.18. The standard InChI is InChI=1S/C11H15NO2S/c1-2-14-11(13)9(7-12)8-5-3-4-6-10(8)15/h10,15H,2-6H2,1H3/b9-8+. The molecule has 4 heteroatoms. The number of carbonyl (C=O) groups is 1. The van der Waals surface area contributed by atoms with Gasteiger partial charge in [0.2, 0.25) is 0 Å². The fraction of sp³-hybridized carbons (Fsp3) is 0.636. The number of hydrogen-bond donors (Lipinski definition) is 1. The molecule has 1 aliphatic rings. The molecule has 15 heavy (non-hydrogen) atoms. The lowest BCUT2D eigenvalue weighted by Gasteiger charge is -2.21. The van der Waals surface area contributed by atoms with Crippen LogP contribution in [0, 0.1) is 11.3 Å². The topological polar surface area (TPSA) is 50.1 Å². The van der Waals surface area contributed by atoms with Gasteiger partial charge in [-0.25, -0.2) is 4.79 Å². The molecule has 0 aromatic carbocycles. The molecule has 0 bridgehead atoms. The van der Waals surface area contributed by atoms with E-state index in [1.54, 1.807) is 6.92 Å². The summed E-state index contributed by atoms with van der Waals surface area (Å²) in [5.41, 5.74) is 1.02. The molecule has 0 aromatic rings. The predicted octanol–water partition coefficient (Wildman–Crippen LogP) is 2.24. The van der Waals surface area contributed by atoms with Crippen molar-refractivity contribution in [3.05, 3.63) is 11.1 Å². The van der Waals surface area contributed by atoms with Gasteiger partial charge in [-0.05, 0) is 31.8 Å². The lowest BCUT2D eigenvalue weighted by molar-refractivity contribution is -0.138. The Morgan fingerprint density at radius 2 is 2.40 bits per heavy atom. The minimum absolute atomic E-state index is 0.0396. The van der Waals surface area contributed by atoms with E-state index in [1.807, 2.05) is 6.07 Å². The number of ether oxygens (including phenoxy) is 1. The van der Waals surface area contributed by atoms with Gasteiger partial charge >= 0.3 is 5.97 Å². The fourth-order valence-electron chi connectivity index (χ4n) is 1.74. The molecule has 0 amide bonds. The second kappa shape index (κ2) is 5.82. The number of nitrogens with zero attached hydrogens (tertiary/aromatic N) is 1. The van der Waals surface area contributed by atoms with Crippen LogP contribution in [0.4, 0.5) is 0 Å². The van der Waals surface area contributed by atoms with E-state index in [4.69, 9.17) is 10.00 Å². The molecule has 1 atom stereocenters. The van der Waals surface area contributed by atoms with E-state index in [9.17, 15) is 4.79 Å². The molecule has 1 unspecified atom stereocenters. The first-order valence-electron chi connectivity index (χ1n) is 5.19. The molecule has 1 rings (SSSR count). The maximum atomic E-state index is 11.5. The van der Waals surface area contributed by atoms with E-state index in [0.717, 1.165) is 31.3 Å². The van der Waals surface area contributed by atoms with Crippen LogP contribution in [0.25, 0.3) is 0 Å². The smallest absolute Gasteiger partial charge is 0.348 e. The Kier molecular flexibility index (Phi) is 4.70.